The van der Waals surface area contributed by atoms with Crippen molar-refractivity contribution >= 4 is 41.6 Å². The molecule has 3 N–H and O–H groups in total. The zero-order chi connectivity index (χ0) is 16.8. The van der Waals surface area contributed by atoms with Gasteiger partial charge in [0, 0.05) is 18.4 Å². The summed E-state index contributed by atoms with van der Waals surface area (Å²) < 4.78 is 4.85. The van der Waals surface area contributed by atoms with E-state index in [1.165, 1.54) is 12.3 Å². The van der Waals surface area contributed by atoms with Crippen molar-refractivity contribution < 1.29 is 14.3 Å². The van der Waals surface area contributed by atoms with E-state index in [2.05, 4.69) is 10.3 Å². The number of benzene rings is 1. The third-order valence-corrected chi connectivity index (χ3v) is 3.30. The number of anilines is 1. The van der Waals surface area contributed by atoms with Gasteiger partial charge in [-0.3, -0.25) is 4.79 Å². The average Bonchev–Trinajstić information content (AvgIpc) is 2.55. The van der Waals surface area contributed by atoms with Crippen molar-refractivity contribution in [3.63, 3.8) is 0 Å². The second-order valence-electron chi connectivity index (χ2n) is 4.63. The highest BCUT2D eigenvalue weighted by molar-refractivity contribution is 6.34. The Morgan fingerprint density at radius 2 is 1.96 bits per heavy atom. The molecule has 0 aliphatic carbocycles. The maximum absolute atomic E-state index is 12.2. The van der Waals surface area contributed by atoms with E-state index in [0.717, 1.165) is 5.56 Å². The molecule has 0 radical (unpaired) electrons. The molecule has 0 aliphatic rings. The average molecular weight is 370 g/mol. The maximum atomic E-state index is 12.2. The number of nitrogens with one attached hydrogen (secondary N) is 1. The zero-order valence-electron chi connectivity index (χ0n) is 12.9. The summed E-state index contributed by atoms with van der Waals surface area (Å²) in [6, 6.07) is 8.46. The lowest BCUT2D eigenvalue weighted by molar-refractivity contribution is 0.0525. The normalized spacial score (nSPS) is 9.79. The Balaban J connectivity index is 0.00000288. The third kappa shape index (κ3) is 4.92. The van der Waals surface area contributed by atoms with Gasteiger partial charge in [0.05, 0.1) is 17.2 Å². The fraction of sp³-hybridized carbons (Fsp3) is 0.188. The number of pyridine rings is 1. The van der Waals surface area contributed by atoms with Crippen molar-refractivity contribution in [2.75, 3.05) is 11.9 Å². The van der Waals surface area contributed by atoms with Crippen molar-refractivity contribution in [3.8, 4) is 0 Å². The molecule has 8 heteroatoms. The van der Waals surface area contributed by atoms with Gasteiger partial charge in [0.1, 0.15) is 5.69 Å². The molecule has 0 atom stereocenters. The SMILES string of the molecule is CCOC(=O)c1cnc(C(=O)Nc2ccc(CN)cc2)c(Cl)c1.Cl. The second kappa shape index (κ2) is 9.22. The molecule has 0 bridgehead atoms. The number of esters is 1. The molecule has 24 heavy (non-hydrogen) atoms. The molecule has 0 unspecified atom stereocenters. The smallest absolute Gasteiger partial charge is 0.339 e. The zero-order valence-corrected chi connectivity index (χ0v) is 14.5. The number of nitrogens with two attached hydrogens (primary N) is 1. The minimum absolute atomic E-state index is 0. The summed E-state index contributed by atoms with van der Waals surface area (Å²) in [5.74, 6) is -1.00. The Labute approximate surface area is 150 Å². The van der Waals surface area contributed by atoms with E-state index >= 15 is 0 Å². The Bertz CT molecular complexity index is 721. The predicted molar refractivity (Wildman–Crippen MR) is 94.7 cm³/mol. The molecule has 2 rings (SSSR count). The molecule has 1 aromatic heterocycles. The minimum Gasteiger partial charge on any atom is -0.462 e. The predicted octanol–water partition coefficient (Wildman–Crippen LogP) is 3.04. The van der Waals surface area contributed by atoms with Gasteiger partial charge in [-0.15, -0.1) is 12.4 Å². The van der Waals surface area contributed by atoms with E-state index in [9.17, 15) is 9.59 Å². The number of carbonyl (C=O) groups is 2. The summed E-state index contributed by atoms with van der Waals surface area (Å²) >= 11 is 6.03. The monoisotopic (exact) mass is 369 g/mol. The van der Waals surface area contributed by atoms with Gasteiger partial charge < -0.3 is 15.8 Å². The third-order valence-electron chi connectivity index (χ3n) is 3.01. The molecule has 128 valence electrons. The van der Waals surface area contributed by atoms with Gasteiger partial charge >= 0.3 is 5.97 Å². The molecule has 0 aliphatic heterocycles. The first-order chi connectivity index (χ1) is 11.0. The summed E-state index contributed by atoms with van der Waals surface area (Å²) in [6.07, 6.45) is 1.26. The highest BCUT2D eigenvalue weighted by atomic mass is 35.5. The number of amides is 1. The first kappa shape index (κ1) is 19.9. The van der Waals surface area contributed by atoms with E-state index < -0.39 is 11.9 Å². The van der Waals surface area contributed by atoms with Crippen molar-refractivity contribution in [3.05, 3.63) is 58.4 Å². The molecule has 1 amide bonds. The van der Waals surface area contributed by atoms with Crippen LogP contribution in [-0.2, 0) is 11.3 Å². The van der Waals surface area contributed by atoms with Gasteiger partial charge in [0.2, 0.25) is 0 Å². The lowest BCUT2D eigenvalue weighted by Gasteiger charge is -2.08. The van der Waals surface area contributed by atoms with Gasteiger partial charge in [-0.25, -0.2) is 9.78 Å². The van der Waals surface area contributed by atoms with Crippen LogP contribution in [0.15, 0.2) is 36.5 Å². The lowest BCUT2D eigenvalue weighted by Crippen LogP contribution is -2.15. The number of hydrogen-bond donors (Lipinski definition) is 2. The summed E-state index contributed by atoms with van der Waals surface area (Å²) in [6.45, 7) is 2.37. The highest BCUT2D eigenvalue weighted by Crippen LogP contribution is 2.18. The van der Waals surface area contributed by atoms with Crippen LogP contribution in [-0.4, -0.2) is 23.5 Å². The molecule has 2 aromatic rings. The number of carbonyl (C=O) groups excluding carboxylic acids is 2. The molecule has 0 saturated carbocycles. The minimum atomic E-state index is -0.536. The van der Waals surface area contributed by atoms with Crippen LogP contribution < -0.4 is 11.1 Å². The molecule has 6 nitrogen and oxygen atoms in total. The largest absolute Gasteiger partial charge is 0.462 e. The van der Waals surface area contributed by atoms with Crippen LogP contribution in [0, 0.1) is 0 Å². The van der Waals surface area contributed by atoms with Gasteiger partial charge in [0.15, 0.2) is 0 Å². The Kier molecular flexibility index (Phi) is 7.64. The summed E-state index contributed by atoms with van der Waals surface area (Å²) in [7, 11) is 0. The molecule has 0 spiro atoms. The summed E-state index contributed by atoms with van der Waals surface area (Å²) in [5.41, 5.74) is 7.30. The van der Waals surface area contributed by atoms with Crippen molar-refractivity contribution in [1.82, 2.24) is 4.98 Å². The van der Waals surface area contributed by atoms with Crippen LogP contribution in [0.2, 0.25) is 5.02 Å². The molecule has 0 saturated heterocycles. The molecule has 0 fully saturated rings. The summed E-state index contributed by atoms with van der Waals surface area (Å²) in [4.78, 5) is 27.7. The van der Waals surface area contributed by atoms with E-state index in [1.54, 1.807) is 19.1 Å². The van der Waals surface area contributed by atoms with Gasteiger partial charge in [-0.05, 0) is 30.7 Å². The van der Waals surface area contributed by atoms with Crippen LogP contribution >= 0.6 is 24.0 Å². The van der Waals surface area contributed by atoms with Crippen molar-refractivity contribution in [2.24, 2.45) is 5.73 Å². The van der Waals surface area contributed by atoms with Crippen molar-refractivity contribution in [1.29, 1.82) is 0 Å². The Morgan fingerprint density at radius 3 is 2.50 bits per heavy atom. The number of halogens is 2. The Morgan fingerprint density at radius 1 is 1.29 bits per heavy atom. The van der Waals surface area contributed by atoms with Crippen LogP contribution in [0.25, 0.3) is 0 Å². The molecule has 1 heterocycles. The fourth-order valence-electron chi connectivity index (χ4n) is 1.85. The lowest BCUT2D eigenvalue weighted by atomic mass is 10.2. The second-order valence-corrected chi connectivity index (χ2v) is 5.04. The highest BCUT2D eigenvalue weighted by Gasteiger charge is 2.16. The molecular weight excluding hydrogens is 353 g/mol. The number of nitrogens with zero attached hydrogens (tertiary/aromatic N) is 1. The van der Waals surface area contributed by atoms with Crippen LogP contribution in [0.3, 0.4) is 0 Å². The van der Waals surface area contributed by atoms with Crippen LogP contribution in [0.5, 0.6) is 0 Å². The van der Waals surface area contributed by atoms with Crippen molar-refractivity contribution in [2.45, 2.75) is 13.5 Å². The van der Waals surface area contributed by atoms with Crippen LogP contribution in [0.4, 0.5) is 5.69 Å². The van der Waals surface area contributed by atoms with E-state index in [-0.39, 0.29) is 35.3 Å². The first-order valence-electron chi connectivity index (χ1n) is 6.98. The Hall–Kier alpha value is -2.15. The van der Waals surface area contributed by atoms with Gasteiger partial charge in [-0.2, -0.15) is 0 Å². The molecular formula is C16H17Cl2N3O3. The standard InChI is InChI=1S/C16H16ClN3O3.ClH/c1-2-23-16(22)11-7-13(17)14(19-9-11)15(21)20-12-5-3-10(8-18)4-6-12;/h3-7,9H,2,8,18H2,1H3,(H,20,21);1H. The van der Waals surface area contributed by atoms with E-state index in [0.29, 0.717) is 12.2 Å². The fourth-order valence-corrected chi connectivity index (χ4v) is 2.10. The number of hydrogen-bond acceptors (Lipinski definition) is 5. The van der Waals surface area contributed by atoms with Gasteiger partial charge in [0.25, 0.3) is 5.91 Å². The topological polar surface area (TPSA) is 94.3 Å². The number of aromatic nitrogens is 1. The molecule has 1 aromatic carbocycles. The van der Waals surface area contributed by atoms with Gasteiger partial charge in [-0.1, -0.05) is 23.7 Å². The number of rotatable bonds is 5. The first-order valence-corrected chi connectivity index (χ1v) is 7.36. The van der Waals surface area contributed by atoms with E-state index in [1.807, 2.05) is 12.1 Å². The van der Waals surface area contributed by atoms with E-state index in [4.69, 9.17) is 22.1 Å². The summed E-state index contributed by atoms with van der Waals surface area (Å²) in [5, 5.41) is 2.76. The maximum Gasteiger partial charge on any atom is 0.339 e. The quantitative estimate of drug-likeness (QED) is 0.789. The van der Waals surface area contributed by atoms with Crippen LogP contribution in [0.1, 0.15) is 33.3 Å². The number of ether oxygens (including phenoxy) is 1.